The Bertz CT molecular complexity index is 586. The minimum absolute atomic E-state index is 0.0887. The number of nitrogens with one attached hydrogen (secondary N) is 1. The lowest BCUT2D eigenvalue weighted by molar-refractivity contribution is 0.154. The van der Waals surface area contributed by atoms with Gasteiger partial charge in [-0.25, -0.2) is 9.78 Å². The number of hydrogen-bond donors (Lipinski definition) is 1. The van der Waals surface area contributed by atoms with Gasteiger partial charge in [0, 0.05) is 33.1 Å². The van der Waals surface area contributed by atoms with E-state index in [2.05, 4.69) is 9.97 Å². The molecule has 1 aromatic carbocycles. The maximum Gasteiger partial charge on any atom is 0.319 e. The fraction of sp³-hybridized carbons (Fsp3) is 0.467. The third-order valence-corrected chi connectivity index (χ3v) is 3.87. The molecule has 1 atom stereocenters. The number of carbonyl (C=O) groups is 1. The molecule has 0 bridgehead atoms. The molecule has 5 nitrogen and oxygen atoms in total. The third-order valence-electron chi connectivity index (χ3n) is 3.87. The van der Waals surface area contributed by atoms with Crippen molar-refractivity contribution < 1.29 is 4.79 Å². The molecule has 1 N–H and O–H groups in total. The van der Waals surface area contributed by atoms with Crippen LogP contribution in [0.15, 0.2) is 24.3 Å². The molecule has 2 amide bonds. The maximum atomic E-state index is 12.1. The summed E-state index contributed by atoms with van der Waals surface area (Å²) in [4.78, 5) is 23.7. The number of benzene rings is 1. The summed E-state index contributed by atoms with van der Waals surface area (Å²) in [5.41, 5.74) is 2.07. The molecule has 106 valence electrons. The van der Waals surface area contributed by atoms with Crippen molar-refractivity contribution >= 4 is 17.1 Å². The molecule has 2 heterocycles. The highest BCUT2D eigenvalue weighted by atomic mass is 16.2. The van der Waals surface area contributed by atoms with Crippen molar-refractivity contribution in [2.24, 2.45) is 0 Å². The van der Waals surface area contributed by atoms with E-state index in [0.29, 0.717) is 5.92 Å². The number of imidazole rings is 1. The number of H-pyrrole nitrogens is 1. The van der Waals surface area contributed by atoms with Gasteiger partial charge in [-0.05, 0) is 25.0 Å². The number of aromatic amines is 1. The highest BCUT2D eigenvalue weighted by Crippen LogP contribution is 2.27. The van der Waals surface area contributed by atoms with Gasteiger partial charge < -0.3 is 14.8 Å². The molecule has 0 aliphatic carbocycles. The van der Waals surface area contributed by atoms with Gasteiger partial charge in [0.15, 0.2) is 0 Å². The number of nitrogens with zero attached hydrogens (tertiary/aromatic N) is 3. The Morgan fingerprint density at radius 3 is 2.95 bits per heavy atom. The van der Waals surface area contributed by atoms with Crippen LogP contribution in [0.1, 0.15) is 24.6 Å². The molecular formula is C15H20N4O. The predicted molar refractivity (Wildman–Crippen MR) is 78.7 cm³/mol. The fourth-order valence-electron chi connectivity index (χ4n) is 2.82. The summed E-state index contributed by atoms with van der Waals surface area (Å²) in [6.45, 7) is 1.59. The largest absolute Gasteiger partial charge is 0.342 e. The van der Waals surface area contributed by atoms with E-state index < -0.39 is 0 Å². The number of likely N-dealkylation sites (tertiary alicyclic amines) is 1. The number of fused-ring (bicyclic) bond motifs is 1. The van der Waals surface area contributed by atoms with Crippen LogP contribution >= 0.6 is 0 Å². The van der Waals surface area contributed by atoms with E-state index in [1.165, 1.54) is 0 Å². The Morgan fingerprint density at radius 1 is 1.40 bits per heavy atom. The summed E-state index contributed by atoms with van der Waals surface area (Å²) in [6.07, 6.45) is 2.11. The summed E-state index contributed by atoms with van der Waals surface area (Å²) in [6, 6.07) is 8.15. The van der Waals surface area contributed by atoms with Crippen LogP contribution in [0.4, 0.5) is 4.79 Å². The highest BCUT2D eigenvalue weighted by molar-refractivity contribution is 5.75. The van der Waals surface area contributed by atoms with E-state index in [1.807, 2.05) is 29.2 Å². The predicted octanol–water partition coefficient (Wildman–Crippen LogP) is 2.42. The zero-order valence-electron chi connectivity index (χ0n) is 12.0. The second-order valence-electron chi connectivity index (χ2n) is 5.60. The van der Waals surface area contributed by atoms with Gasteiger partial charge in [-0.2, -0.15) is 0 Å². The first-order chi connectivity index (χ1) is 9.65. The highest BCUT2D eigenvalue weighted by Gasteiger charge is 2.27. The second-order valence-corrected chi connectivity index (χ2v) is 5.60. The summed E-state index contributed by atoms with van der Waals surface area (Å²) >= 11 is 0. The lowest BCUT2D eigenvalue weighted by atomic mass is 9.97. The molecule has 1 fully saturated rings. The number of para-hydroxylation sites is 2. The molecule has 3 rings (SSSR count). The van der Waals surface area contributed by atoms with Gasteiger partial charge in [0.25, 0.3) is 0 Å². The van der Waals surface area contributed by atoms with E-state index >= 15 is 0 Å². The average molecular weight is 272 g/mol. The van der Waals surface area contributed by atoms with Crippen LogP contribution in [0.5, 0.6) is 0 Å². The van der Waals surface area contributed by atoms with Gasteiger partial charge in [-0.15, -0.1) is 0 Å². The SMILES string of the molecule is CN(C)C(=O)N1CCCC(c2nc3ccccc3[nH]2)C1. The molecule has 0 saturated carbocycles. The number of hydrogen-bond acceptors (Lipinski definition) is 2. The van der Waals surface area contributed by atoms with Crippen LogP contribution in [0.3, 0.4) is 0 Å². The Hall–Kier alpha value is -2.04. The van der Waals surface area contributed by atoms with Gasteiger partial charge in [-0.3, -0.25) is 0 Å². The van der Waals surface area contributed by atoms with Gasteiger partial charge in [-0.1, -0.05) is 12.1 Å². The van der Waals surface area contributed by atoms with Crippen LogP contribution in [0, 0.1) is 0 Å². The number of carbonyl (C=O) groups excluding carboxylic acids is 1. The van der Waals surface area contributed by atoms with Crippen molar-refractivity contribution in [3.63, 3.8) is 0 Å². The summed E-state index contributed by atoms with van der Waals surface area (Å²) in [5, 5.41) is 0. The van der Waals surface area contributed by atoms with E-state index in [4.69, 9.17) is 0 Å². The third kappa shape index (κ3) is 2.35. The number of amides is 2. The molecule has 1 aromatic heterocycles. The molecule has 1 unspecified atom stereocenters. The molecule has 20 heavy (non-hydrogen) atoms. The molecule has 0 radical (unpaired) electrons. The van der Waals surface area contributed by atoms with Gasteiger partial charge in [0.1, 0.15) is 5.82 Å². The van der Waals surface area contributed by atoms with Crippen molar-refractivity contribution in [2.45, 2.75) is 18.8 Å². The average Bonchev–Trinajstić information content (AvgIpc) is 2.90. The van der Waals surface area contributed by atoms with Crippen LogP contribution in [-0.4, -0.2) is 53.0 Å². The van der Waals surface area contributed by atoms with E-state index in [9.17, 15) is 4.79 Å². The molecule has 1 aliphatic rings. The second kappa shape index (κ2) is 5.15. The van der Waals surface area contributed by atoms with E-state index in [1.54, 1.807) is 19.0 Å². The molecule has 5 heteroatoms. The zero-order chi connectivity index (χ0) is 14.1. The van der Waals surface area contributed by atoms with Crippen molar-refractivity contribution in [2.75, 3.05) is 27.2 Å². The smallest absolute Gasteiger partial charge is 0.319 e. The molecule has 0 spiro atoms. The Morgan fingerprint density at radius 2 is 2.20 bits per heavy atom. The normalized spacial score (nSPS) is 19.3. The van der Waals surface area contributed by atoms with Crippen LogP contribution in [0.25, 0.3) is 11.0 Å². The number of rotatable bonds is 1. The van der Waals surface area contributed by atoms with Crippen molar-refractivity contribution in [1.29, 1.82) is 0 Å². The van der Waals surface area contributed by atoms with Crippen LogP contribution in [0.2, 0.25) is 0 Å². The van der Waals surface area contributed by atoms with Crippen LogP contribution < -0.4 is 0 Å². The molecule has 1 saturated heterocycles. The topological polar surface area (TPSA) is 52.2 Å². The van der Waals surface area contributed by atoms with Crippen molar-refractivity contribution in [3.8, 4) is 0 Å². The Kier molecular flexibility index (Phi) is 3.34. The lowest BCUT2D eigenvalue weighted by Crippen LogP contribution is -2.44. The standard InChI is InChI=1S/C15H20N4O/c1-18(2)15(20)19-9-5-6-11(10-19)14-16-12-7-3-4-8-13(12)17-14/h3-4,7-8,11H,5-6,9-10H2,1-2H3,(H,16,17). The first-order valence-electron chi connectivity index (χ1n) is 7.06. The zero-order valence-corrected chi connectivity index (χ0v) is 12.0. The number of urea groups is 1. The van der Waals surface area contributed by atoms with Crippen molar-refractivity contribution in [1.82, 2.24) is 19.8 Å². The fourth-order valence-corrected chi connectivity index (χ4v) is 2.82. The first kappa shape index (κ1) is 13.0. The Balaban J connectivity index is 1.81. The van der Waals surface area contributed by atoms with E-state index in [0.717, 1.165) is 42.8 Å². The minimum Gasteiger partial charge on any atom is -0.342 e. The van der Waals surface area contributed by atoms with Gasteiger partial charge in [0.2, 0.25) is 0 Å². The number of piperidine rings is 1. The van der Waals surface area contributed by atoms with Gasteiger partial charge in [0.05, 0.1) is 11.0 Å². The number of aromatic nitrogens is 2. The molecule has 2 aromatic rings. The maximum absolute atomic E-state index is 12.1. The molecular weight excluding hydrogens is 252 g/mol. The first-order valence-corrected chi connectivity index (χ1v) is 7.06. The van der Waals surface area contributed by atoms with Crippen molar-refractivity contribution in [3.05, 3.63) is 30.1 Å². The van der Waals surface area contributed by atoms with Crippen LogP contribution in [-0.2, 0) is 0 Å². The van der Waals surface area contributed by atoms with E-state index in [-0.39, 0.29) is 6.03 Å². The minimum atomic E-state index is 0.0887. The quantitative estimate of drug-likeness (QED) is 0.866. The summed E-state index contributed by atoms with van der Waals surface area (Å²) in [7, 11) is 3.60. The monoisotopic (exact) mass is 272 g/mol. The van der Waals surface area contributed by atoms with Gasteiger partial charge >= 0.3 is 6.03 Å². The Labute approximate surface area is 118 Å². The lowest BCUT2D eigenvalue weighted by Gasteiger charge is -2.33. The summed E-state index contributed by atoms with van der Waals surface area (Å²) < 4.78 is 0. The summed E-state index contributed by atoms with van der Waals surface area (Å²) in [5.74, 6) is 1.31. The molecule has 1 aliphatic heterocycles.